The molecule has 0 spiro atoms. The standard InChI is InChI=1S/C21H30N4O/c1-12(2)16-9-8-10-17(13(3)4)20(16)25-19-11-18(23-15(7)24-19)21(26)22-14(5)6/h8-14H,1-7H3,(H,22,26)(H,23,24,25). The molecule has 0 aliphatic carbocycles. The Bertz CT molecular complexity index is 755. The van der Waals surface area contributed by atoms with Crippen molar-refractivity contribution < 1.29 is 4.79 Å². The second kappa shape index (κ2) is 8.30. The maximum absolute atomic E-state index is 12.3. The Hall–Kier alpha value is -2.43. The first-order chi connectivity index (χ1) is 12.2. The van der Waals surface area contributed by atoms with E-state index in [1.165, 1.54) is 11.1 Å². The molecule has 140 valence electrons. The molecule has 0 bridgehead atoms. The highest BCUT2D eigenvalue weighted by Crippen LogP contribution is 2.34. The van der Waals surface area contributed by atoms with Crippen LogP contribution in [0.15, 0.2) is 24.3 Å². The molecule has 26 heavy (non-hydrogen) atoms. The lowest BCUT2D eigenvalue weighted by molar-refractivity contribution is 0.0937. The number of aromatic nitrogens is 2. The molecule has 1 heterocycles. The van der Waals surface area contributed by atoms with Crippen molar-refractivity contribution in [3.8, 4) is 0 Å². The minimum atomic E-state index is -0.185. The summed E-state index contributed by atoms with van der Waals surface area (Å²) in [6, 6.07) is 8.15. The predicted molar refractivity (Wildman–Crippen MR) is 107 cm³/mol. The lowest BCUT2D eigenvalue weighted by Gasteiger charge is -2.21. The molecule has 5 nitrogen and oxygen atoms in total. The van der Waals surface area contributed by atoms with Crippen molar-refractivity contribution in [1.82, 2.24) is 15.3 Å². The number of carbonyl (C=O) groups excluding carboxylic acids is 1. The van der Waals surface area contributed by atoms with Crippen molar-refractivity contribution >= 4 is 17.4 Å². The Labute approximate surface area is 156 Å². The molecule has 1 amide bonds. The molecule has 5 heteroatoms. The van der Waals surface area contributed by atoms with E-state index >= 15 is 0 Å². The molecule has 1 aromatic carbocycles. The van der Waals surface area contributed by atoms with Gasteiger partial charge in [-0.3, -0.25) is 4.79 Å². The van der Waals surface area contributed by atoms with Gasteiger partial charge >= 0.3 is 0 Å². The van der Waals surface area contributed by atoms with Gasteiger partial charge in [0, 0.05) is 17.8 Å². The fraction of sp³-hybridized carbons (Fsp3) is 0.476. The zero-order valence-electron chi connectivity index (χ0n) is 16.8. The van der Waals surface area contributed by atoms with Gasteiger partial charge in [-0.2, -0.15) is 0 Å². The van der Waals surface area contributed by atoms with Gasteiger partial charge in [0.1, 0.15) is 17.3 Å². The van der Waals surface area contributed by atoms with E-state index in [2.05, 4.69) is 66.5 Å². The fourth-order valence-corrected chi connectivity index (χ4v) is 2.91. The second-order valence-corrected chi connectivity index (χ2v) is 7.56. The van der Waals surface area contributed by atoms with Crippen molar-refractivity contribution in [1.29, 1.82) is 0 Å². The molecule has 0 radical (unpaired) electrons. The third kappa shape index (κ3) is 4.81. The lowest BCUT2D eigenvalue weighted by atomic mass is 9.92. The molecule has 0 atom stereocenters. The summed E-state index contributed by atoms with van der Waals surface area (Å²) in [5.41, 5.74) is 3.92. The van der Waals surface area contributed by atoms with Gasteiger partial charge in [0.25, 0.3) is 5.91 Å². The van der Waals surface area contributed by atoms with Crippen LogP contribution < -0.4 is 10.6 Å². The van der Waals surface area contributed by atoms with E-state index in [0.29, 0.717) is 29.2 Å². The summed E-state index contributed by atoms with van der Waals surface area (Å²) in [5, 5.41) is 6.34. The smallest absolute Gasteiger partial charge is 0.270 e. The highest BCUT2D eigenvalue weighted by molar-refractivity contribution is 5.93. The maximum Gasteiger partial charge on any atom is 0.270 e. The van der Waals surface area contributed by atoms with E-state index in [1.54, 1.807) is 13.0 Å². The highest BCUT2D eigenvalue weighted by Gasteiger charge is 2.16. The lowest BCUT2D eigenvalue weighted by Crippen LogP contribution is -2.31. The molecule has 2 aromatic rings. The predicted octanol–water partition coefficient (Wildman–Crippen LogP) is 4.91. The van der Waals surface area contributed by atoms with Crippen LogP contribution >= 0.6 is 0 Å². The number of aryl methyl sites for hydroxylation is 1. The normalized spacial score (nSPS) is 11.3. The van der Waals surface area contributed by atoms with Crippen LogP contribution in [0.1, 0.15) is 80.8 Å². The zero-order chi connectivity index (χ0) is 19.4. The van der Waals surface area contributed by atoms with Gasteiger partial charge in [0.05, 0.1) is 0 Å². The van der Waals surface area contributed by atoms with Crippen LogP contribution in [0.3, 0.4) is 0 Å². The number of carbonyl (C=O) groups is 1. The van der Waals surface area contributed by atoms with Crippen molar-refractivity contribution in [2.45, 2.75) is 66.3 Å². The highest BCUT2D eigenvalue weighted by atomic mass is 16.1. The Morgan fingerprint density at radius 1 is 0.962 bits per heavy atom. The largest absolute Gasteiger partial charge is 0.349 e. The van der Waals surface area contributed by atoms with Crippen LogP contribution in [0.4, 0.5) is 11.5 Å². The van der Waals surface area contributed by atoms with Crippen LogP contribution in [0.2, 0.25) is 0 Å². The Morgan fingerprint density at radius 2 is 1.54 bits per heavy atom. The fourth-order valence-electron chi connectivity index (χ4n) is 2.91. The molecule has 0 unspecified atom stereocenters. The molecular formula is C21H30N4O. The Balaban J connectivity index is 2.46. The number of anilines is 2. The van der Waals surface area contributed by atoms with Crippen LogP contribution in [0.25, 0.3) is 0 Å². The number of para-hydroxylation sites is 1. The average Bonchev–Trinajstić information content (AvgIpc) is 2.53. The molecule has 0 fully saturated rings. The summed E-state index contributed by atoms with van der Waals surface area (Å²) in [4.78, 5) is 21.1. The number of nitrogens with zero attached hydrogens (tertiary/aromatic N) is 2. The number of benzene rings is 1. The number of hydrogen-bond acceptors (Lipinski definition) is 4. The van der Waals surface area contributed by atoms with Crippen molar-refractivity contribution in [2.24, 2.45) is 0 Å². The molecule has 2 N–H and O–H groups in total. The first kappa shape index (κ1) is 19.9. The summed E-state index contributed by atoms with van der Waals surface area (Å²) in [7, 11) is 0. The molecule has 1 aromatic heterocycles. The average molecular weight is 354 g/mol. The van der Waals surface area contributed by atoms with Crippen molar-refractivity contribution in [3.05, 3.63) is 46.9 Å². The van der Waals surface area contributed by atoms with E-state index in [1.807, 2.05) is 13.8 Å². The summed E-state index contributed by atoms with van der Waals surface area (Å²) in [5.74, 6) is 1.78. The second-order valence-electron chi connectivity index (χ2n) is 7.56. The third-order valence-corrected chi connectivity index (χ3v) is 4.12. The molecule has 0 aliphatic heterocycles. The minimum Gasteiger partial charge on any atom is -0.349 e. The Kier molecular flexibility index (Phi) is 6.35. The van der Waals surface area contributed by atoms with Gasteiger partial charge < -0.3 is 10.6 Å². The van der Waals surface area contributed by atoms with Gasteiger partial charge in [-0.05, 0) is 43.7 Å². The summed E-state index contributed by atoms with van der Waals surface area (Å²) in [6.07, 6.45) is 0. The van der Waals surface area contributed by atoms with Crippen molar-refractivity contribution in [3.63, 3.8) is 0 Å². The Morgan fingerprint density at radius 3 is 2.04 bits per heavy atom. The number of amides is 1. The summed E-state index contributed by atoms with van der Waals surface area (Å²) in [6.45, 7) is 14.4. The van der Waals surface area contributed by atoms with Gasteiger partial charge in [-0.1, -0.05) is 45.9 Å². The number of hydrogen-bond donors (Lipinski definition) is 2. The molecule has 2 rings (SSSR count). The van der Waals surface area contributed by atoms with Crippen LogP contribution in [-0.4, -0.2) is 21.9 Å². The van der Waals surface area contributed by atoms with E-state index in [9.17, 15) is 4.79 Å². The molecule has 0 aliphatic rings. The van der Waals surface area contributed by atoms with E-state index in [0.717, 1.165) is 5.69 Å². The third-order valence-electron chi connectivity index (χ3n) is 4.12. The monoisotopic (exact) mass is 354 g/mol. The molecular weight excluding hydrogens is 324 g/mol. The maximum atomic E-state index is 12.3. The van der Waals surface area contributed by atoms with Crippen LogP contribution in [0.5, 0.6) is 0 Å². The summed E-state index contributed by atoms with van der Waals surface area (Å²) < 4.78 is 0. The summed E-state index contributed by atoms with van der Waals surface area (Å²) >= 11 is 0. The van der Waals surface area contributed by atoms with Gasteiger partial charge in [0.15, 0.2) is 0 Å². The van der Waals surface area contributed by atoms with Crippen molar-refractivity contribution in [2.75, 3.05) is 5.32 Å². The van der Waals surface area contributed by atoms with Crippen LogP contribution in [0, 0.1) is 6.92 Å². The minimum absolute atomic E-state index is 0.0587. The zero-order valence-corrected chi connectivity index (χ0v) is 16.8. The molecule has 0 saturated heterocycles. The topological polar surface area (TPSA) is 66.9 Å². The first-order valence-electron chi connectivity index (χ1n) is 9.25. The van der Waals surface area contributed by atoms with E-state index < -0.39 is 0 Å². The van der Waals surface area contributed by atoms with Gasteiger partial charge in [-0.15, -0.1) is 0 Å². The SMILES string of the molecule is Cc1nc(Nc2c(C(C)C)cccc2C(C)C)cc(C(=O)NC(C)C)n1. The van der Waals surface area contributed by atoms with Gasteiger partial charge in [-0.25, -0.2) is 9.97 Å². The molecule has 0 saturated carbocycles. The quantitative estimate of drug-likeness (QED) is 0.773. The van der Waals surface area contributed by atoms with E-state index in [-0.39, 0.29) is 11.9 Å². The first-order valence-corrected chi connectivity index (χ1v) is 9.25. The van der Waals surface area contributed by atoms with Crippen LogP contribution in [-0.2, 0) is 0 Å². The number of rotatable bonds is 6. The number of nitrogens with one attached hydrogen (secondary N) is 2. The van der Waals surface area contributed by atoms with E-state index in [4.69, 9.17) is 0 Å². The van der Waals surface area contributed by atoms with Gasteiger partial charge in [0.2, 0.25) is 0 Å².